The average molecular weight is 477 g/mol. The number of hydrogen-bond acceptors (Lipinski definition) is 6. The van der Waals surface area contributed by atoms with E-state index in [2.05, 4.69) is 50.8 Å². The molecule has 8 heteroatoms. The number of nitrogens with one attached hydrogen (secondary N) is 1. The van der Waals surface area contributed by atoms with Gasteiger partial charge in [-0.15, -0.1) is 0 Å². The van der Waals surface area contributed by atoms with Gasteiger partial charge in [0.05, 0.1) is 11.9 Å². The summed E-state index contributed by atoms with van der Waals surface area (Å²) in [6, 6.07) is 10.7. The van der Waals surface area contributed by atoms with E-state index in [1.807, 2.05) is 24.4 Å². The van der Waals surface area contributed by atoms with Crippen LogP contribution in [0.5, 0.6) is 0 Å². The second kappa shape index (κ2) is 9.34. The van der Waals surface area contributed by atoms with E-state index < -0.39 is 5.82 Å². The minimum Gasteiger partial charge on any atom is -0.367 e. The molecule has 2 aliphatic heterocycles. The van der Waals surface area contributed by atoms with Crippen LogP contribution < -0.4 is 10.2 Å². The lowest BCUT2D eigenvalue weighted by atomic mass is 9.79. The zero-order chi connectivity index (χ0) is 24.6. The summed E-state index contributed by atoms with van der Waals surface area (Å²) in [4.78, 5) is 17.4. The fourth-order valence-electron chi connectivity index (χ4n) is 4.76. The zero-order valence-electron chi connectivity index (χ0n) is 20.4. The molecule has 6 nitrogen and oxygen atoms in total. The third kappa shape index (κ3) is 4.75. The molecule has 0 bridgehead atoms. The summed E-state index contributed by atoms with van der Waals surface area (Å²) in [5.74, 6) is -0.499. The first-order valence-electron chi connectivity index (χ1n) is 12.1. The molecule has 182 valence electrons. The van der Waals surface area contributed by atoms with Crippen LogP contribution >= 0.6 is 0 Å². The molecule has 35 heavy (non-hydrogen) atoms. The molecule has 2 aromatic carbocycles. The van der Waals surface area contributed by atoms with Crippen LogP contribution in [0.1, 0.15) is 31.9 Å². The normalized spacial score (nSPS) is 17.3. The van der Waals surface area contributed by atoms with Gasteiger partial charge >= 0.3 is 0 Å². The molecule has 1 aromatic heterocycles. The summed E-state index contributed by atoms with van der Waals surface area (Å²) in [6.07, 6.45) is 3.03. The molecule has 0 unspecified atom stereocenters. The quantitative estimate of drug-likeness (QED) is 0.561. The first-order valence-corrected chi connectivity index (χ1v) is 12.1. The number of piperazine rings is 1. The third-order valence-electron chi connectivity index (χ3n) is 6.88. The Bertz CT molecular complexity index is 1260. The van der Waals surface area contributed by atoms with Gasteiger partial charge in [-0.2, -0.15) is 0 Å². The number of anilines is 3. The van der Waals surface area contributed by atoms with Crippen LogP contribution in [0.15, 0.2) is 47.6 Å². The molecule has 0 aliphatic carbocycles. The molecule has 0 amide bonds. The Morgan fingerprint density at radius 3 is 2.57 bits per heavy atom. The molecule has 1 saturated heterocycles. The largest absolute Gasteiger partial charge is 0.367 e. The van der Waals surface area contributed by atoms with E-state index >= 15 is 0 Å². The average Bonchev–Trinajstić information content (AvgIpc) is 2.86. The molecular formula is C27H30F2N6. The highest BCUT2D eigenvalue weighted by Crippen LogP contribution is 2.34. The molecule has 0 spiro atoms. The van der Waals surface area contributed by atoms with Crippen LogP contribution in [0, 0.1) is 11.6 Å². The van der Waals surface area contributed by atoms with Crippen LogP contribution in [0.25, 0.3) is 11.3 Å². The molecule has 3 aromatic rings. The summed E-state index contributed by atoms with van der Waals surface area (Å²) in [7, 11) is 0. The topological polar surface area (TPSA) is 56.6 Å². The minimum absolute atomic E-state index is 0.141. The number of rotatable bonds is 5. The Morgan fingerprint density at radius 2 is 1.80 bits per heavy atom. The van der Waals surface area contributed by atoms with Gasteiger partial charge in [0.2, 0.25) is 5.95 Å². The van der Waals surface area contributed by atoms with E-state index in [0.717, 1.165) is 43.9 Å². The zero-order valence-corrected chi connectivity index (χ0v) is 20.4. The minimum atomic E-state index is -0.494. The molecule has 1 fully saturated rings. The molecule has 0 radical (unpaired) electrons. The number of aromatic nitrogens is 2. The van der Waals surface area contributed by atoms with Crippen molar-refractivity contribution >= 4 is 23.5 Å². The van der Waals surface area contributed by atoms with Crippen molar-refractivity contribution < 1.29 is 8.78 Å². The van der Waals surface area contributed by atoms with E-state index in [1.165, 1.54) is 12.3 Å². The Labute approximate surface area is 204 Å². The first kappa shape index (κ1) is 23.4. The Hall–Kier alpha value is -3.39. The Kier molecular flexibility index (Phi) is 6.23. The predicted octanol–water partition coefficient (Wildman–Crippen LogP) is 5.02. The first-order chi connectivity index (χ1) is 16.8. The number of hydrogen-bond donors (Lipinski definition) is 1. The molecule has 0 saturated carbocycles. The van der Waals surface area contributed by atoms with Gasteiger partial charge in [-0.25, -0.2) is 18.7 Å². The van der Waals surface area contributed by atoms with Gasteiger partial charge in [0.25, 0.3) is 0 Å². The van der Waals surface area contributed by atoms with Crippen molar-refractivity contribution in [2.75, 3.05) is 49.5 Å². The lowest BCUT2D eigenvalue weighted by molar-refractivity contribution is 0.270. The molecule has 1 N–H and O–H groups in total. The second-order valence-electron chi connectivity index (χ2n) is 9.76. The monoisotopic (exact) mass is 476 g/mol. The van der Waals surface area contributed by atoms with E-state index in [4.69, 9.17) is 0 Å². The standard InChI is InChI=1S/C27H30F2N6/c1-4-34-9-11-35(12-10-34)24-14-20(7-8-22(24)28)32-26-31-16-23(29)25(33-26)18-5-6-19-15-30-17-27(2,3)21(19)13-18/h5-8,13-16H,4,9-12,17H2,1-3H3,(H,31,32,33). The van der Waals surface area contributed by atoms with Crippen molar-refractivity contribution in [3.05, 3.63) is 65.4 Å². The van der Waals surface area contributed by atoms with Gasteiger partial charge in [-0.3, -0.25) is 4.99 Å². The van der Waals surface area contributed by atoms with Crippen molar-refractivity contribution in [2.24, 2.45) is 4.99 Å². The molecule has 2 aliphatic rings. The van der Waals surface area contributed by atoms with Crippen LogP contribution in [0.2, 0.25) is 0 Å². The van der Waals surface area contributed by atoms with Crippen molar-refractivity contribution in [1.29, 1.82) is 0 Å². The maximum absolute atomic E-state index is 14.8. The summed E-state index contributed by atoms with van der Waals surface area (Å²) in [5, 5.41) is 3.13. The van der Waals surface area contributed by atoms with Crippen LogP contribution in [-0.2, 0) is 5.41 Å². The van der Waals surface area contributed by atoms with E-state index in [9.17, 15) is 8.78 Å². The fraction of sp³-hybridized carbons (Fsp3) is 0.370. The van der Waals surface area contributed by atoms with Crippen LogP contribution in [0.4, 0.5) is 26.1 Å². The van der Waals surface area contributed by atoms with Gasteiger partial charge in [-0.05, 0) is 41.9 Å². The lowest BCUT2D eigenvalue weighted by Gasteiger charge is -2.35. The van der Waals surface area contributed by atoms with Gasteiger partial charge < -0.3 is 15.1 Å². The maximum atomic E-state index is 14.8. The maximum Gasteiger partial charge on any atom is 0.227 e. The number of benzene rings is 2. The SMILES string of the molecule is CCN1CCN(c2cc(Nc3ncc(F)c(-c4ccc5c(c4)C(C)(C)CN=C5)n3)ccc2F)CC1. The van der Waals surface area contributed by atoms with Crippen molar-refractivity contribution in [3.63, 3.8) is 0 Å². The van der Waals surface area contributed by atoms with E-state index in [-0.39, 0.29) is 22.9 Å². The smallest absolute Gasteiger partial charge is 0.227 e. The summed E-state index contributed by atoms with van der Waals surface area (Å²) in [5.41, 5.74) is 4.12. The predicted molar refractivity (Wildman–Crippen MR) is 137 cm³/mol. The van der Waals surface area contributed by atoms with Crippen molar-refractivity contribution in [3.8, 4) is 11.3 Å². The number of halogens is 2. The molecule has 0 atom stereocenters. The van der Waals surface area contributed by atoms with Crippen molar-refractivity contribution in [2.45, 2.75) is 26.2 Å². The van der Waals surface area contributed by atoms with Gasteiger partial charge in [0.15, 0.2) is 5.82 Å². The van der Waals surface area contributed by atoms with Crippen LogP contribution in [-0.4, -0.2) is 60.4 Å². The number of aliphatic imine (C=N–C) groups is 1. The lowest BCUT2D eigenvalue weighted by Crippen LogP contribution is -2.46. The molecule has 5 rings (SSSR count). The summed E-state index contributed by atoms with van der Waals surface area (Å²) >= 11 is 0. The Morgan fingerprint density at radius 1 is 1.00 bits per heavy atom. The number of likely N-dealkylation sites (N-methyl/N-ethyl adjacent to an activating group) is 1. The Balaban J connectivity index is 1.41. The highest BCUT2D eigenvalue weighted by atomic mass is 19.1. The fourth-order valence-corrected chi connectivity index (χ4v) is 4.76. The number of fused-ring (bicyclic) bond motifs is 1. The summed E-state index contributed by atoms with van der Waals surface area (Å²) in [6.45, 7) is 11.4. The van der Waals surface area contributed by atoms with Gasteiger partial charge in [-0.1, -0.05) is 32.9 Å². The second-order valence-corrected chi connectivity index (χ2v) is 9.76. The highest BCUT2D eigenvalue weighted by Gasteiger charge is 2.26. The van der Waals surface area contributed by atoms with Gasteiger partial charge in [0, 0.05) is 55.6 Å². The molecule has 3 heterocycles. The summed E-state index contributed by atoms with van der Waals surface area (Å²) < 4.78 is 29.4. The third-order valence-corrected chi connectivity index (χ3v) is 6.88. The highest BCUT2D eigenvalue weighted by molar-refractivity contribution is 5.85. The number of nitrogens with zero attached hydrogens (tertiary/aromatic N) is 5. The van der Waals surface area contributed by atoms with E-state index in [0.29, 0.717) is 23.5 Å². The van der Waals surface area contributed by atoms with E-state index in [1.54, 1.807) is 12.1 Å². The van der Waals surface area contributed by atoms with Crippen LogP contribution in [0.3, 0.4) is 0 Å². The van der Waals surface area contributed by atoms with Crippen molar-refractivity contribution in [1.82, 2.24) is 14.9 Å². The van der Waals surface area contributed by atoms with Gasteiger partial charge in [0.1, 0.15) is 11.5 Å². The molecular weight excluding hydrogens is 446 g/mol.